The molecule has 2 heterocycles. The number of aliphatic imine (C=N–C) groups is 1. The van der Waals surface area contributed by atoms with Crippen molar-refractivity contribution in [3.05, 3.63) is 56.9 Å². The van der Waals surface area contributed by atoms with Crippen LogP contribution in [-0.2, 0) is 6.54 Å². The van der Waals surface area contributed by atoms with E-state index in [9.17, 15) is 15.2 Å². The fourth-order valence-corrected chi connectivity index (χ4v) is 2.88. The Bertz CT molecular complexity index is 975. The zero-order valence-electron chi connectivity index (χ0n) is 13.6. The first-order valence-corrected chi connectivity index (χ1v) is 7.80. The predicted octanol–water partition coefficient (Wildman–Crippen LogP) is 3.40. The van der Waals surface area contributed by atoms with Crippen LogP contribution < -0.4 is 5.56 Å². The fraction of sp³-hybridized carbons (Fsp3) is 0.211. The van der Waals surface area contributed by atoms with Gasteiger partial charge in [-0.25, -0.2) is 0 Å². The zero-order valence-corrected chi connectivity index (χ0v) is 13.6. The Morgan fingerprint density at radius 2 is 2.12 bits per heavy atom. The minimum absolute atomic E-state index is 0.0660. The molecule has 120 valence electrons. The van der Waals surface area contributed by atoms with E-state index < -0.39 is 5.56 Å². The van der Waals surface area contributed by atoms with Gasteiger partial charge in [0, 0.05) is 29.5 Å². The van der Waals surface area contributed by atoms with Gasteiger partial charge in [-0.05, 0) is 31.1 Å². The van der Waals surface area contributed by atoms with Gasteiger partial charge in [0.1, 0.15) is 11.6 Å². The molecule has 5 heteroatoms. The quantitative estimate of drug-likeness (QED) is 0.941. The number of nitriles is 1. The largest absolute Gasteiger partial charge is 0.494 e. The van der Waals surface area contributed by atoms with E-state index in [0.717, 1.165) is 16.8 Å². The molecule has 0 saturated heterocycles. The van der Waals surface area contributed by atoms with Gasteiger partial charge < -0.3 is 5.11 Å². The molecule has 0 aliphatic carbocycles. The average molecular weight is 319 g/mol. The van der Waals surface area contributed by atoms with E-state index in [1.54, 1.807) is 19.2 Å². The van der Waals surface area contributed by atoms with Crippen molar-refractivity contribution < 1.29 is 5.11 Å². The standard InChI is InChI=1S/C19H17N3O2/c1-3-8-22-18(23)15(12(2)16(10-20)19(22)24)9-13-11-21-17-7-5-4-6-14(13)17/h4-7,9,11,23H,3,8H2,1-2H3/b13-9+. The van der Waals surface area contributed by atoms with Gasteiger partial charge in [0.05, 0.1) is 5.69 Å². The highest BCUT2D eigenvalue weighted by Crippen LogP contribution is 2.34. The summed E-state index contributed by atoms with van der Waals surface area (Å²) in [5, 5.41) is 19.9. The summed E-state index contributed by atoms with van der Waals surface area (Å²) in [6, 6.07) is 9.67. The zero-order chi connectivity index (χ0) is 17.3. The van der Waals surface area contributed by atoms with Gasteiger partial charge in [0.2, 0.25) is 5.88 Å². The molecule has 1 aliphatic rings. The molecule has 0 fully saturated rings. The number of aromatic hydroxyl groups is 1. The van der Waals surface area contributed by atoms with Crippen molar-refractivity contribution in [3.63, 3.8) is 0 Å². The summed E-state index contributed by atoms with van der Waals surface area (Å²) in [5.41, 5.74) is 3.25. The third-order valence-electron chi connectivity index (χ3n) is 4.15. The lowest BCUT2D eigenvalue weighted by Crippen LogP contribution is -2.24. The van der Waals surface area contributed by atoms with E-state index >= 15 is 0 Å². The van der Waals surface area contributed by atoms with Gasteiger partial charge in [-0.3, -0.25) is 14.4 Å². The number of hydrogen-bond donors (Lipinski definition) is 1. The molecule has 0 bridgehead atoms. The van der Waals surface area contributed by atoms with E-state index in [1.165, 1.54) is 4.57 Å². The van der Waals surface area contributed by atoms with Gasteiger partial charge in [0.25, 0.3) is 5.56 Å². The van der Waals surface area contributed by atoms with Gasteiger partial charge in [-0.15, -0.1) is 0 Å². The number of benzene rings is 1. The maximum atomic E-state index is 12.4. The molecule has 24 heavy (non-hydrogen) atoms. The third-order valence-corrected chi connectivity index (χ3v) is 4.15. The Morgan fingerprint density at radius 3 is 2.83 bits per heavy atom. The van der Waals surface area contributed by atoms with Crippen LogP contribution in [0, 0.1) is 18.3 Å². The summed E-state index contributed by atoms with van der Waals surface area (Å²) in [5.74, 6) is -0.108. The highest BCUT2D eigenvalue weighted by atomic mass is 16.3. The third kappa shape index (κ3) is 2.42. The SMILES string of the molecule is CCCn1c(O)c(/C=C2\C=Nc3ccccc32)c(C)c(C#N)c1=O. The van der Waals surface area contributed by atoms with Crippen LogP contribution in [0.5, 0.6) is 5.88 Å². The molecule has 0 saturated carbocycles. The van der Waals surface area contributed by atoms with Crippen molar-refractivity contribution in [2.24, 2.45) is 4.99 Å². The number of fused-ring (bicyclic) bond motifs is 1. The molecule has 2 aromatic rings. The maximum absolute atomic E-state index is 12.4. The van der Waals surface area contributed by atoms with Crippen molar-refractivity contribution in [2.75, 3.05) is 0 Å². The molecule has 1 aliphatic heterocycles. The monoisotopic (exact) mass is 319 g/mol. The van der Waals surface area contributed by atoms with Crippen LogP contribution >= 0.6 is 0 Å². The van der Waals surface area contributed by atoms with Crippen LogP contribution in [0.4, 0.5) is 5.69 Å². The van der Waals surface area contributed by atoms with Crippen LogP contribution in [-0.4, -0.2) is 15.9 Å². The first kappa shape index (κ1) is 15.8. The molecule has 0 radical (unpaired) electrons. The predicted molar refractivity (Wildman–Crippen MR) is 94.6 cm³/mol. The lowest BCUT2D eigenvalue weighted by molar-refractivity contribution is 0.402. The number of hydrogen-bond acceptors (Lipinski definition) is 4. The Hall–Kier alpha value is -3.13. The summed E-state index contributed by atoms with van der Waals surface area (Å²) in [6.45, 7) is 3.95. The number of aromatic nitrogens is 1. The highest BCUT2D eigenvalue weighted by Gasteiger charge is 2.19. The maximum Gasteiger partial charge on any atom is 0.271 e. The summed E-state index contributed by atoms with van der Waals surface area (Å²) < 4.78 is 1.26. The second-order valence-corrected chi connectivity index (χ2v) is 5.68. The van der Waals surface area contributed by atoms with Gasteiger partial charge in [-0.1, -0.05) is 25.1 Å². The van der Waals surface area contributed by atoms with Crippen LogP contribution in [0.1, 0.15) is 35.6 Å². The molecule has 1 N–H and O–H groups in total. The van der Waals surface area contributed by atoms with E-state index in [1.807, 2.05) is 37.3 Å². The number of pyridine rings is 1. The molecule has 1 aromatic heterocycles. The minimum Gasteiger partial charge on any atom is -0.494 e. The van der Waals surface area contributed by atoms with Gasteiger partial charge in [-0.2, -0.15) is 5.26 Å². The lowest BCUT2D eigenvalue weighted by atomic mass is 10.00. The molecule has 0 amide bonds. The van der Waals surface area contributed by atoms with Crippen molar-refractivity contribution in [2.45, 2.75) is 26.8 Å². The molecule has 3 rings (SSSR count). The van der Waals surface area contributed by atoms with Crippen LogP contribution in [0.25, 0.3) is 11.6 Å². The van der Waals surface area contributed by atoms with Gasteiger partial charge >= 0.3 is 0 Å². The molecule has 5 nitrogen and oxygen atoms in total. The molecule has 0 atom stereocenters. The van der Waals surface area contributed by atoms with E-state index in [-0.39, 0.29) is 11.4 Å². The summed E-state index contributed by atoms with van der Waals surface area (Å²) in [7, 11) is 0. The molecular weight excluding hydrogens is 302 g/mol. The van der Waals surface area contributed by atoms with E-state index in [0.29, 0.717) is 24.1 Å². The smallest absolute Gasteiger partial charge is 0.271 e. The highest BCUT2D eigenvalue weighted by molar-refractivity contribution is 6.21. The Kier molecular flexibility index (Phi) is 4.05. The number of allylic oxidation sites excluding steroid dienone is 1. The topological polar surface area (TPSA) is 78.4 Å². The van der Waals surface area contributed by atoms with Gasteiger partial charge in [0.15, 0.2) is 0 Å². The molecular formula is C19H17N3O2. The van der Waals surface area contributed by atoms with Crippen LogP contribution in [0.15, 0.2) is 34.1 Å². The average Bonchev–Trinajstić information content (AvgIpc) is 2.99. The molecule has 0 spiro atoms. The Morgan fingerprint density at radius 1 is 1.38 bits per heavy atom. The van der Waals surface area contributed by atoms with Crippen LogP contribution in [0.2, 0.25) is 0 Å². The number of para-hydroxylation sites is 1. The Balaban J connectivity index is 2.25. The summed E-state index contributed by atoms with van der Waals surface area (Å²) >= 11 is 0. The lowest BCUT2D eigenvalue weighted by Gasteiger charge is -2.14. The first-order valence-electron chi connectivity index (χ1n) is 7.80. The second-order valence-electron chi connectivity index (χ2n) is 5.68. The van der Waals surface area contributed by atoms with Crippen molar-refractivity contribution in [1.29, 1.82) is 5.26 Å². The van der Waals surface area contributed by atoms with E-state index in [4.69, 9.17) is 0 Å². The minimum atomic E-state index is -0.447. The molecule has 1 aromatic carbocycles. The number of nitrogens with zero attached hydrogens (tertiary/aromatic N) is 3. The van der Waals surface area contributed by atoms with Crippen LogP contribution in [0.3, 0.4) is 0 Å². The second kappa shape index (κ2) is 6.17. The molecule has 0 unspecified atom stereocenters. The summed E-state index contributed by atoms with van der Waals surface area (Å²) in [6.07, 6.45) is 4.19. The normalized spacial score (nSPS) is 14.0. The summed E-state index contributed by atoms with van der Waals surface area (Å²) in [4.78, 5) is 16.7. The van der Waals surface area contributed by atoms with Crippen molar-refractivity contribution >= 4 is 23.6 Å². The van der Waals surface area contributed by atoms with Crippen molar-refractivity contribution in [1.82, 2.24) is 4.57 Å². The fourth-order valence-electron chi connectivity index (χ4n) is 2.88. The van der Waals surface area contributed by atoms with E-state index in [2.05, 4.69) is 4.99 Å². The Labute approximate surface area is 139 Å². The van der Waals surface area contributed by atoms with Crippen molar-refractivity contribution in [3.8, 4) is 11.9 Å². The first-order chi connectivity index (χ1) is 11.6. The number of rotatable bonds is 3.